The van der Waals surface area contributed by atoms with Crippen LogP contribution >= 0.6 is 0 Å². The lowest BCUT2D eigenvalue weighted by Crippen LogP contribution is -1.98. The quantitative estimate of drug-likeness (QED) is 0.521. The summed E-state index contributed by atoms with van der Waals surface area (Å²) in [5.41, 5.74) is 9.38. The largest absolute Gasteiger partial charge is 0.399 e. The Bertz CT molecular complexity index is 295. The molecular weight excluding hydrogens is 146 g/mol. The molecule has 1 aromatic rings. The molecule has 62 valence electrons. The Balaban J connectivity index is 2.08. The zero-order valence-corrected chi connectivity index (χ0v) is 7.09. The van der Waals surface area contributed by atoms with E-state index in [4.69, 9.17) is 5.73 Å². The van der Waals surface area contributed by atoms with Crippen LogP contribution in [-0.2, 0) is 6.42 Å². The van der Waals surface area contributed by atoms with Gasteiger partial charge >= 0.3 is 0 Å². The van der Waals surface area contributed by atoms with Crippen molar-refractivity contribution >= 4 is 5.69 Å². The second-order valence-corrected chi connectivity index (χ2v) is 3.32. The lowest BCUT2D eigenvalue weighted by molar-refractivity contribution is 0.830. The first-order valence-corrected chi connectivity index (χ1v) is 4.37. The highest BCUT2D eigenvalue weighted by atomic mass is 14.5. The molecule has 1 heteroatoms. The van der Waals surface area contributed by atoms with Gasteiger partial charge in [-0.3, -0.25) is 0 Å². The van der Waals surface area contributed by atoms with Gasteiger partial charge in [-0.15, -0.1) is 0 Å². The number of nitrogens with two attached hydrogens (primary N) is 1. The minimum atomic E-state index is 0.848. The Kier molecular flexibility index (Phi) is 1.86. The predicted octanol–water partition coefficient (Wildman–Crippen LogP) is 2.53. The third kappa shape index (κ3) is 1.50. The van der Waals surface area contributed by atoms with Crippen LogP contribution in [0, 0.1) is 0 Å². The van der Waals surface area contributed by atoms with Crippen molar-refractivity contribution in [3.05, 3.63) is 41.5 Å². The molecule has 0 fully saturated rings. The van der Waals surface area contributed by atoms with Crippen molar-refractivity contribution in [2.24, 2.45) is 0 Å². The smallest absolute Gasteiger partial charge is 0.0314 e. The monoisotopic (exact) mass is 159 g/mol. The van der Waals surface area contributed by atoms with Gasteiger partial charge in [-0.1, -0.05) is 23.8 Å². The molecule has 0 heterocycles. The molecule has 0 aromatic heterocycles. The summed E-state index contributed by atoms with van der Waals surface area (Å²) in [5.74, 6) is 0. The summed E-state index contributed by atoms with van der Waals surface area (Å²) in [5, 5.41) is 0. The van der Waals surface area contributed by atoms with Crippen molar-refractivity contribution in [3.8, 4) is 0 Å². The van der Waals surface area contributed by atoms with E-state index in [1.165, 1.54) is 18.4 Å². The molecule has 1 aliphatic rings. The summed E-state index contributed by atoms with van der Waals surface area (Å²) >= 11 is 0. The fraction of sp³-hybridized carbons (Fsp3) is 0.273. The molecule has 0 saturated heterocycles. The van der Waals surface area contributed by atoms with Gasteiger partial charge in [-0.2, -0.15) is 0 Å². The van der Waals surface area contributed by atoms with Crippen LogP contribution in [0.15, 0.2) is 35.9 Å². The molecule has 0 saturated carbocycles. The van der Waals surface area contributed by atoms with Gasteiger partial charge in [0, 0.05) is 5.69 Å². The molecule has 1 nitrogen and oxygen atoms in total. The van der Waals surface area contributed by atoms with E-state index in [-0.39, 0.29) is 0 Å². The van der Waals surface area contributed by atoms with Gasteiger partial charge in [0.15, 0.2) is 0 Å². The Labute approximate surface area is 72.9 Å². The molecule has 2 N–H and O–H groups in total. The van der Waals surface area contributed by atoms with E-state index in [0.29, 0.717) is 0 Å². The van der Waals surface area contributed by atoms with E-state index in [2.05, 4.69) is 18.2 Å². The maximum absolute atomic E-state index is 5.59. The third-order valence-corrected chi connectivity index (χ3v) is 2.31. The molecule has 0 aliphatic heterocycles. The van der Waals surface area contributed by atoms with Crippen LogP contribution in [0.2, 0.25) is 0 Å². The minimum Gasteiger partial charge on any atom is -0.399 e. The van der Waals surface area contributed by atoms with Crippen molar-refractivity contribution in [1.29, 1.82) is 0 Å². The summed E-state index contributed by atoms with van der Waals surface area (Å²) in [6, 6.07) is 8.14. The lowest BCUT2D eigenvalue weighted by atomic mass is 9.93. The summed E-state index contributed by atoms with van der Waals surface area (Å²) in [6.07, 6.45) is 5.98. The fourth-order valence-electron chi connectivity index (χ4n) is 1.41. The Morgan fingerprint density at radius 2 is 1.83 bits per heavy atom. The van der Waals surface area contributed by atoms with Crippen LogP contribution in [0.1, 0.15) is 18.4 Å². The lowest BCUT2D eigenvalue weighted by Gasteiger charge is -2.13. The Morgan fingerprint density at radius 3 is 2.33 bits per heavy atom. The predicted molar refractivity (Wildman–Crippen MR) is 51.9 cm³/mol. The number of hydrogen-bond acceptors (Lipinski definition) is 1. The molecule has 0 spiro atoms. The second-order valence-electron chi connectivity index (χ2n) is 3.32. The molecule has 0 atom stereocenters. The second kappa shape index (κ2) is 3.02. The molecule has 0 bridgehead atoms. The van der Waals surface area contributed by atoms with Crippen LogP contribution in [0.4, 0.5) is 5.69 Å². The van der Waals surface area contributed by atoms with E-state index in [1.807, 2.05) is 12.1 Å². The zero-order valence-electron chi connectivity index (χ0n) is 7.09. The van der Waals surface area contributed by atoms with E-state index >= 15 is 0 Å². The number of hydrogen-bond donors (Lipinski definition) is 1. The maximum Gasteiger partial charge on any atom is 0.0314 e. The average Bonchev–Trinajstić information content (AvgIpc) is 2.00. The van der Waals surface area contributed by atoms with Crippen molar-refractivity contribution < 1.29 is 0 Å². The molecule has 0 unspecified atom stereocenters. The van der Waals surface area contributed by atoms with Gasteiger partial charge in [0.1, 0.15) is 0 Å². The number of rotatable bonds is 2. The maximum atomic E-state index is 5.59. The zero-order chi connectivity index (χ0) is 8.39. The van der Waals surface area contributed by atoms with Crippen molar-refractivity contribution in [2.75, 3.05) is 5.73 Å². The molecule has 1 aromatic carbocycles. The standard InChI is InChI=1S/C11H13N/c12-11-6-4-10(5-7-11)8-9-2-1-3-9/h2,4-7H,1,3,8,12H2. The third-order valence-electron chi connectivity index (χ3n) is 2.31. The van der Waals surface area contributed by atoms with Crippen LogP contribution in [-0.4, -0.2) is 0 Å². The van der Waals surface area contributed by atoms with Crippen LogP contribution in [0.25, 0.3) is 0 Å². The van der Waals surface area contributed by atoms with E-state index in [9.17, 15) is 0 Å². The first-order chi connectivity index (χ1) is 5.84. The van der Waals surface area contributed by atoms with Crippen LogP contribution in [0.5, 0.6) is 0 Å². The summed E-state index contributed by atoms with van der Waals surface area (Å²) in [7, 11) is 0. The van der Waals surface area contributed by atoms with E-state index in [0.717, 1.165) is 12.1 Å². The van der Waals surface area contributed by atoms with Crippen molar-refractivity contribution in [1.82, 2.24) is 0 Å². The first kappa shape index (κ1) is 7.41. The van der Waals surface area contributed by atoms with E-state index in [1.54, 1.807) is 5.57 Å². The molecular formula is C11H13N. The molecule has 0 radical (unpaired) electrons. The highest BCUT2D eigenvalue weighted by Crippen LogP contribution is 2.22. The molecule has 0 amide bonds. The SMILES string of the molecule is Nc1ccc(CC2=CCC2)cc1. The summed E-state index contributed by atoms with van der Waals surface area (Å²) in [6.45, 7) is 0. The molecule has 2 rings (SSSR count). The fourth-order valence-corrected chi connectivity index (χ4v) is 1.41. The van der Waals surface area contributed by atoms with Gasteiger partial charge in [0.05, 0.1) is 0 Å². The van der Waals surface area contributed by atoms with Gasteiger partial charge in [0.2, 0.25) is 0 Å². The van der Waals surface area contributed by atoms with Crippen molar-refractivity contribution in [3.63, 3.8) is 0 Å². The topological polar surface area (TPSA) is 26.0 Å². The number of anilines is 1. The molecule has 1 aliphatic carbocycles. The van der Waals surface area contributed by atoms with Gasteiger partial charge in [0.25, 0.3) is 0 Å². The minimum absolute atomic E-state index is 0.848. The highest BCUT2D eigenvalue weighted by molar-refractivity contribution is 5.40. The van der Waals surface area contributed by atoms with Crippen molar-refractivity contribution in [2.45, 2.75) is 19.3 Å². The van der Waals surface area contributed by atoms with Gasteiger partial charge in [-0.05, 0) is 37.0 Å². The van der Waals surface area contributed by atoms with E-state index < -0.39 is 0 Å². The Hall–Kier alpha value is -1.24. The Morgan fingerprint density at radius 1 is 1.17 bits per heavy atom. The summed E-state index contributed by atoms with van der Waals surface area (Å²) < 4.78 is 0. The normalized spacial score (nSPS) is 15.2. The average molecular weight is 159 g/mol. The summed E-state index contributed by atoms with van der Waals surface area (Å²) in [4.78, 5) is 0. The van der Waals surface area contributed by atoms with Gasteiger partial charge in [-0.25, -0.2) is 0 Å². The number of allylic oxidation sites excluding steroid dienone is 2. The van der Waals surface area contributed by atoms with Crippen LogP contribution < -0.4 is 5.73 Å². The number of nitrogen functional groups attached to an aromatic ring is 1. The number of benzene rings is 1. The highest BCUT2D eigenvalue weighted by Gasteiger charge is 2.05. The van der Waals surface area contributed by atoms with Crippen LogP contribution in [0.3, 0.4) is 0 Å². The molecule has 12 heavy (non-hydrogen) atoms. The van der Waals surface area contributed by atoms with Gasteiger partial charge < -0.3 is 5.73 Å². The first-order valence-electron chi connectivity index (χ1n) is 4.37.